The first-order valence-corrected chi connectivity index (χ1v) is 11.9. The van der Waals surface area contributed by atoms with Crippen LogP contribution < -0.4 is 15.0 Å². The number of nitrogens with zero attached hydrogens (tertiary/aromatic N) is 2. The van der Waals surface area contributed by atoms with Gasteiger partial charge in [-0.1, -0.05) is 25.4 Å². The number of benzene rings is 2. The van der Waals surface area contributed by atoms with Crippen molar-refractivity contribution in [3.05, 3.63) is 53.1 Å². The molecule has 2 aliphatic heterocycles. The smallest absolute Gasteiger partial charge is 0.224 e. The molecule has 0 spiro atoms. The van der Waals surface area contributed by atoms with Crippen molar-refractivity contribution >= 4 is 28.9 Å². The molecule has 2 heterocycles. The van der Waals surface area contributed by atoms with Crippen LogP contribution in [0.4, 0.5) is 11.4 Å². The topological polar surface area (TPSA) is 65.0 Å². The number of β-amino-alcohol motifs (C(OH)–C–C–N with tert-alkyl or cyclic N) is 1. The number of nitrogens with one attached hydrogen (secondary N) is 1. The molecule has 32 heavy (non-hydrogen) atoms. The molecule has 6 nitrogen and oxygen atoms in total. The number of ether oxygens (including phenoxy) is 1. The van der Waals surface area contributed by atoms with Gasteiger partial charge in [0.25, 0.3) is 0 Å². The maximum absolute atomic E-state index is 11.5. The summed E-state index contributed by atoms with van der Waals surface area (Å²) in [5.41, 5.74) is 3.12. The number of aliphatic hydroxyl groups is 1. The highest BCUT2D eigenvalue weighted by molar-refractivity contribution is 6.30. The quantitative estimate of drug-likeness (QED) is 0.677. The van der Waals surface area contributed by atoms with E-state index in [0.29, 0.717) is 13.0 Å². The summed E-state index contributed by atoms with van der Waals surface area (Å²) < 4.78 is 5.82. The number of carbonyl (C=O) groups is 1. The summed E-state index contributed by atoms with van der Waals surface area (Å²) in [7, 11) is 0. The molecule has 1 amide bonds. The van der Waals surface area contributed by atoms with Crippen molar-refractivity contribution in [2.45, 2.75) is 39.2 Å². The summed E-state index contributed by atoms with van der Waals surface area (Å²) in [5, 5.41) is 14.1. The largest absolute Gasteiger partial charge is 0.491 e. The van der Waals surface area contributed by atoms with Gasteiger partial charge in [0.2, 0.25) is 5.91 Å². The minimum atomic E-state index is -0.553. The molecule has 7 heteroatoms. The minimum Gasteiger partial charge on any atom is -0.491 e. The molecule has 1 atom stereocenters. The number of halogens is 1. The number of carbonyl (C=O) groups excluding carboxylic acids is 1. The molecule has 0 aliphatic carbocycles. The lowest BCUT2D eigenvalue weighted by atomic mass is 10.0. The fourth-order valence-electron chi connectivity index (χ4n) is 4.06. The Kier molecular flexibility index (Phi) is 9.21. The third kappa shape index (κ3) is 6.86. The van der Waals surface area contributed by atoms with Crippen LogP contribution in [0.2, 0.25) is 5.02 Å². The van der Waals surface area contributed by atoms with Gasteiger partial charge in [-0.25, -0.2) is 0 Å². The summed E-state index contributed by atoms with van der Waals surface area (Å²) in [6.07, 6.45) is 1.72. The van der Waals surface area contributed by atoms with Gasteiger partial charge in [-0.3, -0.25) is 9.69 Å². The maximum Gasteiger partial charge on any atom is 0.224 e. The van der Waals surface area contributed by atoms with E-state index in [9.17, 15) is 9.90 Å². The van der Waals surface area contributed by atoms with E-state index >= 15 is 0 Å². The summed E-state index contributed by atoms with van der Waals surface area (Å²) in [4.78, 5) is 16.1. The average Bonchev–Trinajstić information content (AvgIpc) is 3.05. The third-order valence-corrected chi connectivity index (χ3v) is 5.92. The Morgan fingerprint density at radius 1 is 1.06 bits per heavy atom. The maximum atomic E-state index is 11.5. The van der Waals surface area contributed by atoms with Crippen LogP contribution in [-0.2, 0) is 11.2 Å². The Morgan fingerprint density at radius 2 is 1.84 bits per heavy atom. The van der Waals surface area contributed by atoms with Gasteiger partial charge in [-0.2, -0.15) is 0 Å². The number of amides is 1. The normalized spacial score (nSPS) is 17.4. The van der Waals surface area contributed by atoms with Crippen molar-refractivity contribution < 1.29 is 14.6 Å². The third-order valence-electron chi connectivity index (χ3n) is 5.66. The predicted molar refractivity (Wildman–Crippen MR) is 131 cm³/mol. The molecule has 0 aromatic heterocycles. The number of fused-ring (bicyclic) bond motifs is 1. The molecular formula is C25H34ClN3O3. The van der Waals surface area contributed by atoms with Crippen molar-refractivity contribution in [1.29, 1.82) is 0 Å². The molecule has 0 bridgehead atoms. The first-order valence-electron chi connectivity index (χ1n) is 11.5. The molecule has 0 saturated carbocycles. The summed E-state index contributed by atoms with van der Waals surface area (Å²) in [6.45, 7) is 8.62. The minimum absolute atomic E-state index is 0.0543. The first kappa shape index (κ1) is 24.4. The van der Waals surface area contributed by atoms with Crippen LogP contribution in [0.3, 0.4) is 0 Å². The fourth-order valence-corrected chi connectivity index (χ4v) is 4.18. The van der Waals surface area contributed by atoms with Crippen LogP contribution >= 0.6 is 11.6 Å². The van der Waals surface area contributed by atoms with Gasteiger partial charge in [0.05, 0.1) is 0 Å². The van der Waals surface area contributed by atoms with Crippen LogP contribution in [0.15, 0.2) is 42.5 Å². The first-order chi connectivity index (χ1) is 15.6. The second-order valence-electron chi connectivity index (χ2n) is 7.95. The van der Waals surface area contributed by atoms with E-state index in [-0.39, 0.29) is 12.5 Å². The highest BCUT2D eigenvalue weighted by Crippen LogP contribution is 2.27. The average molecular weight is 460 g/mol. The zero-order chi connectivity index (χ0) is 22.9. The van der Waals surface area contributed by atoms with E-state index in [1.165, 1.54) is 5.69 Å². The number of anilines is 2. The number of aryl methyl sites for hydroxylation is 1. The molecule has 1 saturated heterocycles. The Morgan fingerprint density at radius 3 is 2.62 bits per heavy atom. The van der Waals surface area contributed by atoms with Crippen molar-refractivity contribution in [1.82, 2.24) is 4.90 Å². The Hall–Kier alpha value is -2.28. The lowest BCUT2D eigenvalue weighted by Gasteiger charge is -2.25. The van der Waals surface area contributed by atoms with Gasteiger partial charge in [-0.15, -0.1) is 0 Å². The van der Waals surface area contributed by atoms with E-state index < -0.39 is 6.10 Å². The lowest BCUT2D eigenvalue weighted by molar-refractivity contribution is -0.116. The standard InChI is InChI=1S/C23H28ClN3O3.C2H6/c24-18-3-5-19(6-4-18)27-11-1-10-26(12-13-27)15-20(28)16-30-21-7-8-22-17(14-21)2-9-23(29)25-22;1-2/h3-8,14,20,28H,1-2,9-13,15-16H2,(H,25,29);1-2H3. The summed E-state index contributed by atoms with van der Waals surface area (Å²) in [5.74, 6) is 0.785. The van der Waals surface area contributed by atoms with Gasteiger partial charge in [0, 0.05) is 49.0 Å². The van der Waals surface area contributed by atoms with Gasteiger partial charge in [0.1, 0.15) is 18.5 Å². The molecule has 1 fully saturated rings. The highest BCUT2D eigenvalue weighted by atomic mass is 35.5. The molecule has 2 aliphatic rings. The van der Waals surface area contributed by atoms with E-state index in [0.717, 1.165) is 61.0 Å². The molecule has 4 rings (SSSR count). The molecular weight excluding hydrogens is 426 g/mol. The van der Waals surface area contributed by atoms with Crippen LogP contribution in [0, 0.1) is 0 Å². The molecule has 0 radical (unpaired) electrons. The van der Waals surface area contributed by atoms with Gasteiger partial charge in [0.15, 0.2) is 0 Å². The van der Waals surface area contributed by atoms with Crippen LogP contribution in [-0.4, -0.2) is 61.3 Å². The molecule has 174 valence electrons. The van der Waals surface area contributed by atoms with E-state index in [2.05, 4.69) is 27.2 Å². The Bertz CT molecular complexity index is 875. The number of hydrogen-bond acceptors (Lipinski definition) is 5. The van der Waals surface area contributed by atoms with Crippen molar-refractivity contribution in [3.63, 3.8) is 0 Å². The van der Waals surface area contributed by atoms with E-state index in [1.54, 1.807) is 0 Å². The van der Waals surface area contributed by atoms with E-state index in [4.69, 9.17) is 16.3 Å². The predicted octanol–water partition coefficient (Wildman–Crippen LogP) is 4.20. The highest BCUT2D eigenvalue weighted by Gasteiger charge is 2.19. The Balaban J connectivity index is 0.00000141. The molecule has 2 N–H and O–H groups in total. The second kappa shape index (κ2) is 12.1. The number of rotatable bonds is 6. The monoisotopic (exact) mass is 459 g/mol. The molecule has 1 unspecified atom stereocenters. The number of aliphatic hydroxyl groups excluding tert-OH is 1. The van der Waals surface area contributed by atoms with Crippen LogP contribution in [0.1, 0.15) is 32.3 Å². The van der Waals surface area contributed by atoms with Crippen LogP contribution in [0.25, 0.3) is 0 Å². The number of hydrogen-bond donors (Lipinski definition) is 2. The summed E-state index contributed by atoms with van der Waals surface area (Å²) >= 11 is 5.99. The van der Waals surface area contributed by atoms with Gasteiger partial charge >= 0.3 is 0 Å². The molecule has 2 aromatic rings. The molecule has 2 aromatic carbocycles. The van der Waals surface area contributed by atoms with Crippen molar-refractivity contribution in [2.24, 2.45) is 0 Å². The van der Waals surface area contributed by atoms with Crippen molar-refractivity contribution in [2.75, 3.05) is 49.5 Å². The Labute approximate surface area is 196 Å². The second-order valence-corrected chi connectivity index (χ2v) is 8.39. The zero-order valence-electron chi connectivity index (χ0n) is 19.0. The van der Waals surface area contributed by atoms with Gasteiger partial charge in [-0.05, 0) is 67.4 Å². The van der Waals surface area contributed by atoms with Crippen molar-refractivity contribution in [3.8, 4) is 5.75 Å². The fraction of sp³-hybridized carbons (Fsp3) is 0.480. The summed E-state index contributed by atoms with van der Waals surface area (Å²) in [6, 6.07) is 13.6. The zero-order valence-corrected chi connectivity index (χ0v) is 19.8. The SMILES string of the molecule is CC.O=C1CCc2cc(OCC(O)CN3CCCN(c4ccc(Cl)cc4)CC3)ccc2N1. The van der Waals surface area contributed by atoms with Gasteiger partial charge < -0.3 is 20.1 Å². The van der Waals surface area contributed by atoms with Crippen LogP contribution in [0.5, 0.6) is 5.75 Å². The van der Waals surface area contributed by atoms with E-state index in [1.807, 2.05) is 44.2 Å². The lowest BCUT2D eigenvalue weighted by Crippen LogP contribution is -2.38.